The van der Waals surface area contributed by atoms with Gasteiger partial charge in [-0.05, 0) is 62.0 Å². The second kappa shape index (κ2) is 12.2. The Bertz CT molecular complexity index is 977. The number of nitrogens with one attached hydrogen (secondary N) is 2. The topological polar surface area (TPSA) is 91.0 Å². The molecule has 2 amide bonds. The molecule has 2 N–H and O–H groups in total. The standard InChI is InChI=1S/C24H30N4O4.ClH/c1-4-27(5-2)13-12-25-24(31)18-7-9-19(10-8-18)26-22(29)15-28-16-23(30)32-21-11-6-17(3)14-20(21)28;/h6-11,14H,4-5,12-13,15-16H2,1-3H3,(H,25,31)(H,26,29);1H. The maximum atomic E-state index is 12.6. The lowest BCUT2D eigenvalue weighted by Gasteiger charge is -2.29. The largest absolute Gasteiger partial charge is 0.423 e. The minimum absolute atomic E-state index is 0. The lowest BCUT2D eigenvalue weighted by atomic mass is 10.1. The van der Waals surface area contributed by atoms with Crippen molar-refractivity contribution in [3.8, 4) is 5.75 Å². The van der Waals surface area contributed by atoms with Crippen molar-refractivity contribution in [2.75, 3.05) is 49.5 Å². The fourth-order valence-corrected chi connectivity index (χ4v) is 3.55. The predicted octanol–water partition coefficient (Wildman–Crippen LogP) is 2.85. The van der Waals surface area contributed by atoms with Crippen molar-refractivity contribution in [1.82, 2.24) is 10.2 Å². The van der Waals surface area contributed by atoms with Gasteiger partial charge in [0.2, 0.25) is 5.91 Å². The number of amides is 2. The third-order valence-electron chi connectivity index (χ3n) is 5.37. The van der Waals surface area contributed by atoms with Gasteiger partial charge in [-0.1, -0.05) is 19.9 Å². The Balaban J connectivity index is 0.00000385. The summed E-state index contributed by atoms with van der Waals surface area (Å²) >= 11 is 0. The lowest BCUT2D eigenvalue weighted by Crippen LogP contribution is -2.41. The van der Waals surface area contributed by atoms with Crippen molar-refractivity contribution < 1.29 is 19.1 Å². The van der Waals surface area contributed by atoms with Crippen molar-refractivity contribution in [1.29, 1.82) is 0 Å². The third kappa shape index (κ3) is 7.20. The zero-order valence-corrected chi connectivity index (χ0v) is 20.0. The highest BCUT2D eigenvalue weighted by Crippen LogP contribution is 2.32. The number of carbonyl (C=O) groups is 3. The molecule has 0 saturated heterocycles. The Morgan fingerprint density at radius 2 is 1.79 bits per heavy atom. The summed E-state index contributed by atoms with van der Waals surface area (Å²) in [6.07, 6.45) is 0. The van der Waals surface area contributed by atoms with Crippen molar-refractivity contribution in [3.05, 3.63) is 53.6 Å². The van der Waals surface area contributed by atoms with E-state index in [1.807, 2.05) is 19.1 Å². The third-order valence-corrected chi connectivity index (χ3v) is 5.37. The normalized spacial score (nSPS) is 12.5. The second-order valence-corrected chi connectivity index (χ2v) is 7.71. The number of likely N-dealkylation sites (N-methyl/N-ethyl adjacent to an activating group) is 1. The molecule has 2 aromatic rings. The molecular weight excluding hydrogens is 444 g/mol. The Labute approximate surface area is 200 Å². The number of carbonyl (C=O) groups excluding carboxylic acids is 3. The molecule has 0 bridgehead atoms. The van der Waals surface area contributed by atoms with E-state index in [0.29, 0.717) is 23.5 Å². The molecule has 8 nitrogen and oxygen atoms in total. The zero-order chi connectivity index (χ0) is 23.1. The predicted molar refractivity (Wildman–Crippen MR) is 131 cm³/mol. The fourth-order valence-electron chi connectivity index (χ4n) is 3.55. The smallest absolute Gasteiger partial charge is 0.331 e. The molecular formula is C24H31ClN4O4. The van der Waals surface area contributed by atoms with Gasteiger partial charge in [0.15, 0.2) is 5.75 Å². The van der Waals surface area contributed by atoms with Gasteiger partial charge in [-0.2, -0.15) is 0 Å². The van der Waals surface area contributed by atoms with Crippen LogP contribution in [0.15, 0.2) is 42.5 Å². The molecule has 1 aliphatic rings. The second-order valence-electron chi connectivity index (χ2n) is 7.71. The average Bonchev–Trinajstić information content (AvgIpc) is 2.77. The summed E-state index contributed by atoms with van der Waals surface area (Å²) in [6, 6.07) is 12.2. The highest BCUT2D eigenvalue weighted by Gasteiger charge is 2.25. The summed E-state index contributed by atoms with van der Waals surface area (Å²) < 4.78 is 5.25. The molecule has 33 heavy (non-hydrogen) atoms. The van der Waals surface area contributed by atoms with Crippen LogP contribution in [0, 0.1) is 6.92 Å². The van der Waals surface area contributed by atoms with Gasteiger partial charge in [-0.15, -0.1) is 12.4 Å². The molecule has 0 saturated carbocycles. The summed E-state index contributed by atoms with van der Waals surface area (Å²) in [5.41, 5.74) is 2.85. The van der Waals surface area contributed by atoms with Crippen LogP contribution in [0.25, 0.3) is 0 Å². The van der Waals surface area contributed by atoms with Gasteiger partial charge in [0.25, 0.3) is 5.91 Å². The summed E-state index contributed by atoms with van der Waals surface area (Å²) in [6.45, 7) is 9.43. The highest BCUT2D eigenvalue weighted by molar-refractivity contribution is 5.98. The molecule has 0 aliphatic carbocycles. The van der Waals surface area contributed by atoms with E-state index in [0.717, 1.165) is 30.9 Å². The van der Waals surface area contributed by atoms with E-state index >= 15 is 0 Å². The van der Waals surface area contributed by atoms with E-state index in [4.69, 9.17) is 4.74 Å². The summed E-state index contributed by atoms with van der Waals surface area (Å²) in [5, 5.41) is 5.73. The molecule has 0 aromatic heterocycles. The number of benzene rings is 2. The maximum absolute atomic E-state index is 12.6. The molecule has 178 valence electrons. The van der Waals surface area contributed by atoms with Crippen LogP contribution < -0.4 is 20.3 Å². The van der Waals surface area contributed by atoms with Crippen LogP contribution in [0.5, 0.6) is 5.75 Å². The maximum Gasteiger partial charge on any atom is 0.331 e. The van der Waals surface area contributed by atoms with Gasteiger partial charge in [-0.25, -0.2) is 4.79 Å². The summed E-state index contributed by atoms with van der Waals surface area (Å²) in [4.78, 5) is 40.7. The number of halogens is 1. The first-order chi connectivity index (χ1) is 15.4. The number of hydrogen-bond acceptors (Lipinski definition) is 6. The molecule has 0 spiro atoms. The fraction of sp³-hybridized carbons (Fsp3) is 0.375. The first kappa shape index (κ1) is 26.2. The van der Waals surface area contributed by atoms with Crippen LogP contribution in [-0.4, -0.2) is 62.0 Å². The van der Waals surface area contributed by atoms with Gasteiger partial charge in [-0.3, -0.25) is 9.59 Å². The number of nitrogens with zero attached hydrogens (tertiary/aromatic N) is 2. The SMILES string of the molecule is CCN(CC)CCNC(=O)c1ccc(NC(=O)CN2CC(=O)Oc3ccc(C)cc32)cc1.Cl. The first-order valence-electron chi connectivity index (χ1n) is 10.9. The van der Waals surface area contributed by atoms with Crippen LogP contribution in [0.2, 0.25) is 0 Å². The number of aryl methyl sites for hydroxylation is 1. The molecule has 2 aromatic carbocycles. The molecule has 1 aliphatic heterocycles. The molecule has 0 unspecified atom stereocenters. The van der Waals surface area contributed by atoms with Crippen molar-refractivity contribution >= 4 is 41.6 Å². The van der Waals surface area contributed by atoms with Crippen LogP contribution in [0.1, 0.15) is 29.8 Å². The highest BCUT2D eigenvalue weighted by atomic mass is 35.5. The molecule has 3 rings (SSSR count). The quantitative estimate of drug-likeness (QED) is 0.429. The monoisotopic (exact) mass is 474 g/mol. The van der Waals surface area contributed by atoms with Gasteiger partial charge < -0.3 is 25.2 Å². The van der Waals surface area contributed by atoms with Crippen LogP contribution in [0.3, 0.4) is 0 Å². The van der Waals surface area contributed by atoms with Gasteiger partial charge in [0.05, 0.1) is 12.2 Å². The molecule has 9 heteroatoms. The Kier molecular flexibility index (Phi) is 9.69. The van der Waals surface area contributed by atoms with E-state index in [9.17, 15) is 14.4 Å². The van der Waals surface area contributed by atoms with Crippen molar-refractivity contribution in [2.24, 2.45) is 0 Å². The van der Waals surface area contributed by atoms with E-state index in [1.165, 1.54) is 0 Å². The van der Waals surface area contributed by atoms with Crippen molar-refractivity contribution in [3.63, 3.8) is 0 Å². The van der Waals surface area contributed by atoms with Crippen molar-refractivity contribution in [2.45, 2.75) is 20.8 Å². The van der Waals surface area contributed by atoms with Crippen LogP contribution in [-0.2, 0) is 9.59 Å². The van der Waals surface area contributed by atoms with Crippen LogP contribution >= 0.6 is 12.4 Å². The minimum atomic E-state index is -0.398. The van der Waals surface area contributed by atoms with Crippen LogP contribution in [0.4, 0.5) is 11.4 Å². The Hall–Kier alpha value is -3.10. The molecule has 0 atom stereocenters. The number of hydrogen-bond donors (Lipinski definition) is 2. The van der Waals surface area contributed by atoms with Gasteiger partial charge in [0.1, 0.15) is 6.54 Å². The molecule has 0 radical (unpaired) electrons. The number of ether oxygens (including phenoxy) is 1. The lowest BCUT2D eigenvalue weighted by molar-refractivity contribution is -0.133. The number of fused-ring (bicyclic) bond motifs is 1. The summed E-state index contributed by atoms with van der Waals surface area (Å²) in [7, 11) is 0. The average molecular weight is 475 g/mol. The van der Waals surface area contributed by atoms with E-state index in [-0.39, 0.29) is 37.3 Å². The number of rotatable bonds is 9. The van der Waals surface area contributed by atoms with Gasteiger partial charge in [0, 0.05) is 24.3 Å². The minimum Gasteiger partial charge on any atom is -0.423 e. The zero-order valence-electron chi connectivity index (χ0n) is 19.2. The molecule has 1 heterocycles. The number of esters is 1. The number of anilines is 2. The van der Waals surface area contributed by atoms with E-state index in [2.05, 4.69) is 29.4 Å². The Morgan fingerprint density at radius 3 is 2.45 bits per heavy atom. The first-order valence-corrected chi connectivity index (χ1v) is 10.9. The molecule has 0 fully saturated rings. The van der Waals surface area contributed by atoms with E-state index in [1.54, 1.807) is 35.2 Å². The summed E-state index contributed by atoms with van der Waals surface area (Å²) in [5.74, 6) is -0.348. The van der Waals surface area contributed by atoms with Gasteiger partial charge >= 0.3 is 5.97 Å². The van der Waals surface area contributed by atoms with E-state index < -0.39 is 5.97 Å². The Morgan fingerprint density at radius 1 is 1.09 bits per heavy atom.